The Balaban J connectivity index is 1.58. The molecule has 7 nitrogen and oxygen atoms in total. The van der Waals surface area contributed by atoms with Crippen molar-refractivity contribution in [1.29, 1.82) is 0 Å². The normalized spacial score (nSPS) is 13.1. The van der Waals surface area contributed by atoms with E-state index >= 15 is 0 Å². The molecule has 0 unspecified atom stereocenters. The van der Waals surface area contributed by atoms with Crippen molar-refractivity contribution in [2.45, 2.75) is 12.8 Å². The SMILES string of the molecule is COC(=O)c1ccc2nc(-c3cc4cc(F)ccc4o3)c(N3CCCc4cc(OC)ccc43)nc2c1. The van der Waals surface area contributed by atoms with Gasteiger partial charge in [0.15, 0.2) is 11.6 Å². The molecule has 2 aromatic heterocycles. The number of hydrogen-bond acceptors (Lipinski definition) is 7. The van der Waals surface area contributed by atoms with Crippen LogP contribution in [-0.4, -0.2) is 36.7 Å². The average molecular weight is 483 g/mol. The number of rotatable bonds is 4. The second-order valence-electron chi connectivity index (χ2n) is 8.63. The molecule has 0 aliphatic carbocycles. The van der Waals surface area contributed by atoms with Crippen molar-refractivity contribution in [3.63, 3.8) is 0 Å². The summed E-state index contributed by atoms with van der Waals surface area (Å²) < 4.78 is 30.3. The van der Waals surface area contributed by atoms with Crippen molar-refractivity contribution in [3.8, 4) is 17.2 Å². The van der Waals surface area contributed by atoms with Gasteiger partial charge in [0.2, 0.25) is 0 Å². The monoisotopic (exact) mass is 483 g/mol. The fourth-order valence-electron chi connectivity index (χ4n) is 4.69. The maximum Gasteiger partial charge on any atom is 0.337 e. The van der Waals surface area contributed by atoms with Crippen LogP contribution in [0.25, 0.3) is 33.5 Å². The molecular weight excluding hydrogens is 461 g/mol. The molecule has 0 spiro atoms. The smallest absolute Gasteiger partial charge is 0.337 e. The molecular formula is C28H22FN3O4. The number of furan rings is 1. The molecule has 0 saturated heterocycles. The summed E-state index contributed by atoms with van der Waals surface area (Å²) in [7, 11) is 2.99. The summed E-state index contributed by atoms with van der Waals surface area (Å²) in [6.45, 7) is 0.720. The first-order chi connectivity index (χ1) is 17.5. The van der Waals surface area contributed by atoms with E-state index in [2.05, 4.69) is 4.90 Å². The van der Waals surface area contributed by atoms with E-state index in [1.54, 1.807) is 37.4 Å². The Bertz CT molecular complexity index is 1650. The predicted octanol–water partition coefficient (Wildman–Crippen LogP) is 6.06. The van der Waals surface area contributed by atoms with Crippen molar-refractivity contribution >= 4 is 39.5 Å². The molecule has 180 valence electrons. The van der Waals surface area contributed by atoms with Crippen LogP contribution in [0.3, 0.4) is 0 Å². The quantitative estimate of drug-likeness (QED) is 0.288. The Hall–Kier alpha value is -4.46. The van der Waals surface area contributed by atoms with Crippen LogP contribution < -0.4 is 9.64 Å². The fourth-order valence-corrected chi connectivity index (χ4v) is 4.69. The minimum Gasteiger partial charge on any atom is -0.497 e. The molecule has 0 atom stereocenters. The number of carbonyl (C=O) groups excluding carboxylic acids is 1. The number of ether oxygens (including phenoxy) is 2. The number of halogens is 1. The lowest BCUT2D eigenvalue weighted by molar-refractivity contribution is 0.0601. The van der Waals surface area contributed by atoms with Gasteiger partial charge >= 0.3 is 5.97 Å². The third-order valence-electron chi connectivity index (χ3n) is 6.44. The number of benzene rings is 3. The lowest BCUT2D eigenvalue weighted by Gasteiger charge is -2.31. The number of nitrogens with zero attached hydrogens (tertiary/aromatic N) is 3. The number of aromatic nitrogens is 2. The minimum absolute atomic E-state index is 0.339. The average Bonchev–Trinajstić information content (AvgIpc) is 3.34. The molecule has 0 fully saturated rings. The van der Waals surface area contributed by atoms with Gasteiger partial charge in [-0.25, -0.2) is 19.2 Å². The third-order valence-corrected chi connectivity index (χ3v) is 6.44. The molecule has 3 heterocycles. The van der Waals surface area contributed by atoms with E-state index < -0.39 is 5.97 Å². The molecule has 8 heteroatoms. The van der Waals surface area contributed by atoms with E-state index in [1.165, 1.54) is 19.2 Å². The second-order valence-corrected chi connectivity index (χ2v) is 8.63. The molecule has 5 aromatic rings. The lowest BCUT2D eigenvalue weighted by Crippen LogP contribution is -2.26. The van der Waals surface area contributed by atoms with Gasteiger partial charge in [0.05, 0.1) is 30.8 Å². The van der Waals surface area contributed by atoms with Crippen LogP contribution in [0, 0.1) is 5.82 Å². The Morgan fingerprint density at radius 1 is 1.00 bits per heavy atom. The largest absolute Gasteiger partial charge is 0.497 e. The van der Waals surface area contributed by atoms with Gasteiger partial charge in [0.1, 0.15) is 22.8 Å². The molecule has 0 N–H and O–H groups in total. The maximum absolute atomic E-state index is 13.9. The van der Waals surface area contributed by atoms with Crippen molar-refractivity contribution in [1.82, 2.24) is 9.97 Å². The summed E-state index contributed by atoms with van der Waals surface area (Å²) in [6, 6.07) is 17.2. The molecule has 1 aliphatic heterocycles. The highest BCUT2D eigenvalue weighted by atomic mass is 19.1. The summed E-state index contributed by atoms with van der Waals surface area (Å²) in [5, 5.41) is 0.641. The second kappa shape index (κ2) is 8.64. The van der Waals surface area contributed by atoms with Crippen LogP contribution >= 0.6 is 0 Å². The van der Waals surface area contributed by atoms with E-state index in [9.17, 15) is 9.18 Å². The van der Waals surface area contributed by atoms with Gasteiger partial charge in [-0.05, 0) is 79.1 Å². The number of hydrogen-bond donors (Lipinski definition) is 0. The third kappa shape index (κ3) is 3.71. The zero-order valence-corrected chi connectivity index (χ0v) is 19.7. The molecule has 0 bridgehead atoms. The van der Waals surface area contributed by atoms with Gasteiger partial charge in [-0.15, -0.1) is 0 Å². The summed E-state index contributed by atoms with van der Waals surface area (Å²) in [4.78, 5) is 24.1. The van der Waals surface area contributed by atoms with Gasteiger partial charge in [0, 0.05) is 17.6 Å². The number of carbonyl (C=O) groups is 1. The Morgan fingerprint density at radius 3 is 2.72 bits per heavy atom. The van der Waals surface area contributed by atoms with E-state index in [1.807, 2.05) is 18.2 Å². The Morgan fingerprint density at radius 2 is 1.89 bits per heavy atom. The highest BCUT2D eigenvalue weighted by Crippen LogP contribution is 2.40. The summed E-state index contributed by atoms with van der Waals surface area (Å²) in [5.74, 6) is 1.09. The Kier molecular flexibility index (Phi) is 5.29. The van der Waals surface area contributed by atoms with Gasteiger partial charge in [-0.1, -0.05) is 0 Å². The first kappa shape index (κ1) is 22.0. The summed E-state index contributed by atoms with van der Waals surface area (Å²) >= 11 is 0. The standard InChI is InChI=1S/C28H22FN3O4/c1-34-20-7-9-23-16(13-20)4-3-11-32(23)27-26(25-15-18-12-19(29)6-10-24(18)36-25)30-21-8-5-17(28(33)35-2)14-22(21)31-27/h5-10,12-15H,3-4,11H2,1-2H3. The molecule has 3 aromatic carbocycles. The molecule has 0 saturated carbocycles. The maximum atomic E-state index is 13.9. The topological polar surface area (TPSA) is 77.7 Å². The van der Waals surface area contributed by atoms with E-state index in [4.69, 9.17) is 23.9 Å². The minimum atomic E-state index is -0.445. The molecule has 0 radical (unpaired) electrons. The molecule has 6 rings (SSSR count). The Labute approximate surface area is 206 Å². The zero-order valence-electron chi connectivity index (χ0n) is 19.7. The van der Waals surface area contributed by atoms with Crippen LogP contribution in [0.1, 0.15) is 22.3 Å². The summed E-state index contributed by atoms with van der Waals surface area (Å²) in [6.07, 6.45) is 1.82. The number of aryl methyl sites for hydroxylation is 1. The first-order valence-corrected chi connectivity index (χ1v) is 11.6. The van der Waals surface area contributed by atoms with Gasteiger partial charge in [-0.3, -0.25) is 0 Å². The lowest BCUT2D eigenvalue weighted by atomic mass is 10.0. The highest BCUT2D eigenvalue weighted by molar-refractivity contribution is 5.95. The van der Waals surface area contributed by atoms with Crippen molar-refractivity contribution in [2.24, 2.45) is 0 Å². The van der Waals surface area contributed by atoms with Crippen LogP contribution in [0.5, 0.6) is 5.75 Å². The molecule has 36 heavy (non-hydrogen) atoms. The van der Waals surface area contributed by atoms with Crippen LogP contribution in [0.4, 0.5) is 15.9 Å². The van der Waals surface area contributed by atoms with Gasteiger partial charge in [0.25, 0.3) is 0 Å². The first-order valence-electron chi connectivity index (χ1n) is 11.6. The van der Waals surface area contributed by atoms with Crippen molar-refractivity contribution in [3.05, 3.63) is 77.6 Å². The van der Waals surface area contributed by atoms with Crippen molar-refractivity contribution < 1.29 is 23.1 Å². The van der Waals surface area contributed by atoms with E-state index in [-0.39, 0.29) is 5.82 Å². The van der Waals surface area contributed by atoms with Crippen LogP contribution in [0.15, 0.2) is 65.1 Å². The van der Waals surface area contributed by atoms with Crippen LogP contribution in [0.2, 0.25) is 0 Å². The van der Waals surface area contributed by atoms with E-state index in [0.717, 1.165) is 36.4 Å². The summed E-state index contributed by atoms with van der Waals surface area (Å²) in [5.41, 5.74) is 4.78. The number of esters is 1. The number of methoxy groups -OCH3 is 2. The number of fused-ring (bicyclic) bond motifs is 3. The number of anilines is 2. The highest BCUT2D eigenvalue weighted by Gasteiger charge is 2.26. The fraction of sp³-hybridized carbons (Fsp3) is 0.179. The van der Waals surface area contributed by atoms with Crippen molar-refractivity contribution in [2.75, 3.05) is 25.7 Å². The molecule has 1 aliphatic rings. The van der Waals surface area contributed by atoms with Gasteiger partial charge in [-0.2, -0.15) is 0 Å². The predicted molar refractivity (Wildman–Crippen MR) is 134 cm³/mol. The van der Waals surface area contributed by atoms with Crippen LogP contribution in [-0.2, 0) is 11.2 Å². The van der Waals surface area contributed by atoms with E-state index in [0.29, 0.717) is 44.8 Å². The van der Waals surface area contributed by atoms with Gasteiger partial charge < -0.3 is 18.8 Å². The molecule has 0 amide bonds. The zero-order chi connectivity index (χ0) is 24.8.